The fourth-order valence-corrected chi connectivity index (χ4v) is 2.43. The van der Waals surface area contributed by atoms with Crippen molar-refractivity contribution in [2.75, 3.05) is 6.54 Å². The molecular formula is C16H23N3. The SMILES string of the molecule is CCCNC(Cc1ncc[nH]1)c1ccc(C)cc1C. The lowest BCUT2D eigenvalue weighted by Gasteiger charge is -2.20. The largest absolute Gasteiger partial charge is 0.349 e. The van der Waals surface area contributed by atoms with E-state index in [1.807, 2.05) is 12.4 Å². The Hall–Kier alpha value is -1.61. The van der Waals surface area contributed by atoms with E-state index >= 15 is 0 Å². The second kappa shape index (κ2) is 6.53. The van der Waals surface area contributed by atoms with Crippen LogP contribution in [0.5, 0.6) is 0 Å². The van der Waals surface area contributed by atoms with Crippen LogP contribution in [0.25, 0.3) is 0 Å². The van der Waals surface area contributed by atoms with Gasteiger partial charge in [-0.05, 0) is 37.9 Å². The van der Waals surface area contributed by atoms with Crippen molar-refractivity contribution in [2.24, 2.45) is 0 Å². The van der Waals surface area contributed by atoms with Crippen molar-refractivity contribution in [3.63, 3.8) is 0 Å². The minimum absolute atomic E-state index is 0.326. The highest BCUT2D eigenvalue weighted by atomic mass is 14.9. The van der Waals surface area contributed by atoms with Gasteiger partial charge in [-0.1, -0.05) is 30.7 Å². The average Bonchev–Trinajstić information content (AvgIpc) is 2.88. The summed E-state index contributed by atoms with van der Waals surface area (Å²) < 4.78 is 0. The molecule has 0 saturated carbocycles. The van der Waals surface area contributed by atoms with Crippen molar-refractivity contribution in [2.45, 2.75) is 39.7 Å². The Bertz CT molecular complexity index is 503. The van der Waals surface area contributed by atoms with Gasteiger partial charge in [0.05, 0.1) is 0 Å². The lowest BCUT2D eigenvalue weighted by atomic mass is 9.96. The molecule has 2 N–H and O–H groups in total. The Morgan fingerprint density at radius 3 is 2.79 bits per heavy atom. The zero-order valence-corrected chi connectivity index (χ0v) is 12.0. The molecule has 102 valence electrons. The van der Waals surface area contributed by atoms with Crippen LogP contribution in [-0.2, 0) is 6.42 Å². The smallest absolute Gasteiger partial charge is 0.107 e. The molecule has 3 nitrogen and oxygen atoms in total. The fraction of sp³-hybridized carbons (Fsp3) is 0.438. The summed E-state index contributed by atoms with van der Waals surface area (Å²) in [6.45, 7) is 7.54. The summed E-state index contributed by atoms with van der Waals surface area (Å²) in [5, 5.41) is 3.62. The minimum atomic E-state index is 0.326. The third kappa shape index (κ3) is 3.67. The molecule has 0 amide bonds. The summed E-state index contributed by atoms with van der Waals surface area (Å²) in [5.74, 6) is 1.04. The Labute approximate surface area is 115 Å². The number of aryl methyl sites for hydroxylation is 2. The summed E-state index contributed by atoms with van der Waals surface area (Å²) in [7, 11) is 0. The molecule has 0 spiro atoms. The molecule has 1 atom stereocenters. The van der Waals surface area contributed by atoms with Crippen LogP contribution in [0, 0.1) is 13.8 Å². The molecule has 0 fully saturated rings. The third-order valence-electron chi connectivity index (χ3n) is 3.39. The first-order valence-electron chi connectivity index (χ1n) is 6.99. The highest BCUT2D eigenvalue weighted by Crippen LogP contribution is 2.21. The number of hydrogen-bond acceptors (Lipinski definition) is 2. The van der Waals surface area contributed by atoms with E-state index in [0.29, 0.717) is 6.04 Å². The lowest BCUT2D eigenvalue weighted by Crippen LogP contribution is -2.25. The van der Waals surface area contributed by atoms with Crippen molar-refractivity contribution in [1.82, 2.24) is 15.3 Å². The van der Waals surface area contributed by atoms with Gasteiger partial charge in [0.1, 0.15) is 5.82 Å². The van der Waals surface area contributed by atoms with Crippen LogP contribution in [-0.4, -0.2) is 16.5 Å². The summed E-state index contributed by atoms with van der Waals surface area (Å²) in [6.07, 6.45) is 5.74. The van der Waals surface area contributed by atoms with E-state index in [-0.39, 0.29) is 0 Å². The molecule has 0 bridgehead atoms. The van der Waals surface area contributed by atoms with Gasteiger partial charge in [0.25, 0.3) is 0 Å². The molecule has 0 aliphatic carbocycles. The number of nitrogens with zero attached hydrogens (tertiary/aromatic N) is 1. The van der Waals surface area contributed by atoms with Crippen molar-refractivity contribution in [1.29, 1.82) is 0 Å². The van der Waals surface area contributed by atoms with Crippen molar-refractivity contribution < 1.29 is 0 Å². The highest BCUT2D eigenvalue weighted by Gasteiger charge is 2.14. The van der Waals surface area contributed by atoms with Crippen LogP contribution in [0.1, 0.15) is 41.9 Å². The molecule has 1 heterocycles. The van der Waals surface area contributed by atoms with E-state index in [1.54, 1.807) is 0 Å². The minimum Gasteiger partial charge on any atom is -0.349 e. The number of imidazole rings is 1. The molecule has 2 aromatic rings. The average molecular weight is 257 g/mol. The number of aromatic amines is 1. The van der Waals surface area contributed by atoms with Gasteiger partial charge in [-0.15, -0.1) is 0 Å². The standard InChI is InChI=1S/C16H23N3/c1-4-7-17-15(11-16-18-8-9-19-16)14-6-5-12(2)10-13(14)3/h5-6,8-10,15,17H,4,7,11H2,1-3H3,(H,18,19). The van der Waals surface area contributed by atoms with E-state index in [9.17, 15) is 0 Å². The number of aromatic nitrogens is 2. The van der Waals surface area contributed by atoms with E-state index in [1.165, 1.54) is 16.7 Å². The molecule has 19 heavy (non-hydrogen) atoms. The van der Waals surface area contributed by atoms with E-state index in [4.69, 9.17) is 0 Å². The van der Waals surface area contributed by atoms with Gasteiger partial charge in [0.2, 0.25) is 0 Å². The second-order valence-corrected chi connectivity index (χ2v) is 5.11. The maximum Gasteiger partial charge on any atom is 0.107 e. The fourth-order valence-electron chi connectivity index (χ4n) is 2.43. The molecule has 0 saturated heterocycles. The Morgan fingerprint density at radius 1 is 1.32 bits per heavy atom. The molecule has 1 aromatic heterocycles. The molecule has 1 aromatic carbocycles. The first-order chi connectivity index (χ1) is 9.20. The Kier molecular flexibility index (Phi) is 4.74. The van der Waals surface area contributed by atoms with Gasteiger partial charge in [0.15, 0.2) is 0 Å². The van der Waals surface area contributed by atoms with E-state index in [2.05, 4.69) is 54.3 Å². The predicted molar refractivity (Wildman–Crippen MR) is 79.2 cm³/mol. The molecule has 0 aliphatic heterocycles. The van der Waals surface area contributed by atoms with Crippen molar-refractivity contribution >= 4 is 0 Å². The zero-order valence-electron chi connectivity index (χ0n) is 12.0. The van der Waals surface area contributed by atoms with Crippen LogP contribution >= 0.6 is 0 Å². The topological polar surface area (TPSA) is 40.7 Å². The Morgan fingerprint density at radius 2 is 2.16 bits per heavy atom. The summed E-state index contributed by atoms with van der Waals surface area (Å²) in [5.41, 5.74) is 4.03. The van der Waals surface area contributed by atoms with E-state index < -0.39 is 0 Å². The van der Waals surface area contributed by atoms with E-state index in [0.717, 1.165) is 25.2 Å². The lowest BCUT2D eigenvalue weighted by molar-refractivity contribution is 0.518. The summed E-state index contributed by atoms with van der Waals surface area (Å²) in [6, 6.07) is 7.00. The maximum absolute atomic E-state index is 4.34. The normalized spacial score (nSPS) is 12.6. The predicted octanol–water partition coefficient (Wildman–Crippen LogP) is 3.31. The molecular weight excluding hydrogens is 234 g/mol. The van der Waals surface area contributed by atoms with Crippen LogP contribution in [0.3, 0.4) is 0 Å². The van der Waals surface area contributed by atoms with Crippen LogP contribution in [0.15, 0.2) is 30.6 Å². The maximum atomic E-state index is 4.34. The number of hydrogen-bond donors (Lipinski definition) is 2. The molecule has 0 aliphatic rings. The second-order valence-electron chi connectivity index (χ2n) is 5.11. The highest BCUT2D eigenvalue weighted by molar-refractivity contribution is 5.33. The third-order valence-corrected chi connectivity index (χ3v) is 3.39. The summed E-state index contributed by atoms with van der Waals surface area (Å²) >= 11 is 0. The number of benzene rings is 1. The van der Waals surface area contributed by atoms with Crippen LogP contribution < -0.4 is 5.32 Å². The van der Waals surface area contributed by atoms with Crippen LogP contribution in [0.4, 0.5) is 0 Å². The number of nitrogens with one attached hydrogen (secondary N) is 2. The first-order valence-corrected chi connectivity index (χ1v) is 6.99. The monoisotopic (exact) mass is 257 g/mol. The number of H-pyrrole nitrogens is 1. The quantitative estimate of drug-likeness (QED) is 0.833. The molecule has 0 radical (unpaired) electrons. The molecule has 1 unspecified atom stereocenters. The van der Waals surface area contributed by atoms with Gasteiger partial charge < -0.3 is 10.3 Å². The molecule has 2 rings (SSSR count). The Balaban J connectivity index is 2.20. The van der Waals surface area contributed by atoms with Gasteiger partial charge >= 0.3 is 0 Å². The van der Waals surface area contributed by atoms with Gasteiger partial charge in [-0.3, -0.25) is 0 Å². The van der Waals surface area contributed by atoms with Gasteiger partial charge in [0, 0.05) is 24.9 Å². The first kappa shape index (κ1) is 13.8. The molecule has 3 heteroatoms. The van der Waals surface area contributed by atoms with Crippen molar-refractivity contribution in [3.8, 4) is 0 Å². The van der Waals surface area contributed by atoms with Crippen LogP contribution in [0.2, 0.25) is 0 Å². The number of rotatable bonds is 6. The summed E-state index contributed by atoms with van der Waals surface area (Å²) in [4.78, 5) is 7.53. The zero-order chi connectivity index (χ0) is 13.7. The van der Waals surface area contributed by atoms with Gasteiger partial charge in [-0.25, -0.2) is 4.98 Å². The van der Waals surface area contributed by atoms with Gasteiger partial charge in [-0.2, -0.15) is 0 Å². The van der Waals surface area contributed by atoms with Crippen molar-refractivity contribution in [3.05, 3.63) is 53.1 Å².